The van der Waals surface area contributed by atoms with E-state index in [0.717, 1.165) is 36.0 Å². The molecule has 2 heterocycles. The fourth-order valence-corrected chi connectivity index (χ4v) is 3.55. The minimum absolute atomic E-state index is 0.475. The molecule has 0 saturated carbocycles. The summed E-state index contributed by atoms with van der Waals surface area (Å²) in [5.74, 6) is 0.520. The maximum absolute atomic E-state index is 9.45. The first-order chi connectivity index (χ1) is 10.7. The van der Waals surface area contributed by atoms with Crippen molar-refractivity contribution < 1.29 is 10.2 Å². The molecule has 1 atom stereocenters. The summed E-state index contributed by atoms with van der Waals surface area (Å²) in [7, 11) is 0. The first-order valence-electron chi connectivity index (χ1n) is 7.63. The molecular formula is C18H18N2O2. The number of H-pyrrole nitrogens is 1. The van der Waals surface area contributed by atoms with Gasteiger partial charge in [-0.3, -0.25) is 4.98 Å². The number of aryl methyl sites for hydroxylation is 1. The molecule has 4 heteroatoms. The molecule has 112 valence electrons. The quantitative estimate of drug-likeness (QED) is 0.651. The van der Waals surface area contributed by atoms with Crippen LogP contribution in [0.1, 0.15) is 41.0 Å². The molecule has 3 aromatic rings. The number of pyridine rings is 1. The van der Waals surface area contributed by atoms with Crippen molar-refractivity contribution in [1.29, 1.82) is 0 Å². The Kier molecular flexibility index (Phi) is 3.21. The smallest absolute Gasteiger partial charge is 0.180 e. The number of aliphatic hydroxyl groups excluding tert-OH is 1. The second-order valence-electron chi connectivity index (χ2n) is 5.97. The van der Waals surface area contributed by atoms with E-state index in [0.29, 0.717) is 11.5 Å². The highest BCUT2D eigenvalue weighted by molar-refractivity contribution is 5.79. The Bertz CT molecular complexity index is 823. The molecule has 4 nitrogen and oxygen atoms in total. The number of nitrogens with one attached hydrogen (secondary N) is 1. The maximum Gasteiger partial charge on any atom is 0.180 e. The van der Waals surface area contributed by atoms with Gasteiger partial charge < -0.3 is 15.2 Å². The average Bonchev–Trinajstić information content (AvgIpc) is 3.11. The van der Waals surface area contributed by atoms with Crippen molar-refractivity contribution in [1.82, 2.24) is 9.97 Å². The summed E-state index contributed by atoms with van der Waals surface area (Å²) in [6, 6.07) is 12.3. The molecule has 0 fully saturated rings. The number of benzene rings is 1. The number of aliphatic hydroxyl groups is 2. The van der Waals surface area contributed by atoms with Gasteiger partial charge in [0.05, 0.1) is 11.0 Å². The lowest BCUT2D eigenvalue weighted by atomic mass is 9.96. The Morgan fingerprint density at radius 2 is 2.09 bits per heavy atom. The van der Waals surface area contributed by atoms with E-state index in [2.05, 4.69) is 34.2 Å². The number of rotatable bonds is 3. The normalized spacial score (nSPS) is 17.3. The number of aromatic nitrogens is 2. The zero-order chi connectivity index (χ0) is 15.1. The highest BCUT2D eigenvalue weighted by Gasteiger charge is 2.23. The summed E-state index contributed by atoms with van der Waals surface area (Å²) in [4.78, 5) is 7.63. The Balaban J connectivity index is 1.67. The van der Waals surface area contributed by atoms with Crippen LogP contribution >= 0.6 is 0 Å². The van der Waals surface area contributed by atoms with Crippen LogP contribution < -0.4 is 0 Å². The molecule has 3 N–H and O–H groups in total. The van der Waals surface area contributed by atoms with Gasteiger partial charge in [-0.25, -0.2) is 0 Å². The van der Waals surface area contributed by atoms with E-state index in [4.69, 9.17) is 0 Å². The topological polar surface area (TPSA) is 69.1 Å². The van der Waals surface area contributed by atoms with Gasteiger partial charge in [0.2, 0.25) is 0 Å². The molecule has 0 aliphatic heterocycles. The van der Waals surface area contributed by atoms with Crippen LogP contribution in [0.2, 0.25) is 0 Å². The Hall–Kier alpha value is -2.17. The van der Waals surface area contributed by atoms with E-state index in [1.807, 2.05) is 6.07 Å². The van der Waals surface area contributed by atoms with Crippen LogP contribution in [0.25, 0.3) is 11.0 Å². The predicted octanol–water partition coefficient (Wildman–Crippen LogP) is 2.82. The van der Waals surface area contributed by atoms with Crippen LogP contribution in [0.15, 0.2) is 42.6 Å². The van der Waals surface area contributed by atoms with Crippen LogP contribution in [0, 0.1) is 0 Å². The fourth-order valence-electron chi connectivity index (χ4n) is 3.55. The molecule has 1 aliphatic rings. The SMILES string of the molecule is OC(O)c1ccnc2cc(CC3CCc4ccccc43)[nH]c12. The van der Waals surface area contributed by atoms with Crippen molar-refractivity contribution in [2.24, 2.45) is 0 Å². The number of hydrogen-bond donors (Lipinski definition) is 3. The lowest BCUT2D eigenvalue weighted by Gasteiger charge is -2.10. The fraction of sp³-hybridized carbons (Fsp3) is 0.278. The van der Waals surface area contributed by atoms with Crippen molar-refractivity contribution in [3.8, 4) is 0 Å². The highest BCUT2D eigenvalue weighted by atomic mass is 16.5. The van der Waals surface area contributed by atoms with E-state index in [-0.39, 0.29) is 0 Å². The van der Waals surface area contributed by atoms with Crippen LogP contribution in [0.4, 0.5) is 0 Å². The van der Waals surface area contributed by atoms with Crippen molar-refractivity contribution in [3.05, 3.63) is 65.0 Å². The lowest BCUT2D eigenvalue weighted by Crippen LogP contribution is -1.99. The van der Waals surface area contributed by atoms with Gasteiger partial charge in [0.15, 0.2) is 6.29 Å². The molecule has 4 rings (SSSR count). The van der Waals surface area contributed by atoms with E-state index >= 15 is 0 Å². The largest absolute Gasteiger partial charge is 0.364 e. The van der Waals surface area contributed by atoms with E-state index < -0.39 is 6.29 Å². The first-order valence-corrected chi connectivity index (χ1v) is 7.63. The third-order valence-corrected chi connectivity index (χ3v) is 4.61. The molecule has 1 unspecified atom stereocenters. The van der Waals surface area contributed by atoms with Crippen molar-refractivity contribution in [2.45, 2.75) is 31.5 Å². The molecule has 1 aromatic carbocycles. The molecule has 0 spiro atoms. The van der Waals surface area contributed by atoms with Gasteiger partial charge in [-0.1, -0.05) is 24.3 Å². The predicted molar refractivity (Wildman–Crippen MR) is 84.5 cm³/mol. The minimum Gasteiger partial charge on any atom is -0.364 e. The Labute approximate surface area is 128 Å². The number of nitrogens with zero attached hydrogens (tertiary/aromatic N) is 1. The summed E-state index contributed by atoms with van der Waals surface area (Å²) in [6.07, 6.45) is 3.36. The Morgan fingerprint density at radius 1 is 1.23 bits per heavy atom. The van der Waals surface area contributed by atoms with Crippen molar-refractivity contribution in [2.75, 3.05) is 0 Å². The van der Waals surface area contributed by atoms with E-state index in [1.54, 1.807) is 12.3 Å². The molecule has 0 amide bonds. The number of fused-ring (bicyclic) bond motifs is 2. The molecular weight excluding hydrogens is 276 g/mol. The minimum atomic E-state index is -1.48. The van der Waals surface area contributed by atoms with E-state index in [9.17, 15) is 10.2 Å². The standard InChI is InChI=1S/C18H18N2O2/c21-18(22)15-7-8-19-16-10-13(20-17(15)16)9-12-6-5-11-3-1-2-4-14(11)12/h1-4,7-8,10,12,18,20-22H,5-6,9H2. The Morgan fingerprint density at radius 3 is 2.95 bits per heavy atom. The van der Waals surface area contributed by atoms with Gasteiger partial charge in [-0.15, -0.1) is 0 Å². The summed E-state index contributed by atoms with van der Waals surface area (Å²) >= 11 is 0. The first kappa shape index (κ1) is 13.5. The second-order valence-corrected chi connectivity index (χ2v) is 5.97. The van der Waals surface area contributed by atoms with Gasteiger partial charge in [-0.2, -0.15) is 0 Å². The zero-order valence-corrected chi connectivity index (χ0v) is 12.2. The highest BCUT2D eigenvalue weighted by Crippen LogP contribution is 2.35. The van der Waals surface area contributed by atoms with Gasteiger partial charge in [-0.05, 0) is 48.4 Å². The summed E-state index contributed by atoms with van der Waals surface area (Å²) in [5.41, 5.74) is 5.97. The van der Waals surface area contributed by atoms with Gasteiger partial charge in [0.1, 0.15) is 0 Å². The van der Waals surface area contributed by atoms with Crippen LogP contribution in [0.3, 0.4) is 0 Å². The molecule has 0 saturated heterocycles. The van der Waals surface area contributed by atoms with Crippen molar-refractivity contribution >= 4 is 11.0 Å². The maximum atomic E-state index is 9.45. The monoisotopic (exact) mass is 294 g/mol. The summed E-state index contributed by atoms with van der Waals surface area (Å²) in [5, 5.41) is 18.9. The van der Waals surface area contributed by atoms with Gasteiger partial charge in [0, 0.05) is 17.5 Å². The third-order valence-electron chi connectivity index (χ3n) is 4.61. The van der Waals surface area contributed by atoms with Crippen LogP contribution in [-0.2, 0) is 12.8 Å². The van der Waals surface area contributed by atoms with Gasteiger partial charge >= 0.3 is 0 Å². The van der Waals surface area contributed by atoms with E-state index in [1.165, 1.54) is 11.1 Å². The lowest BCUT2D eigenvalue weighted by molar-refractivity contribution is -0.0414. The molecule has 0 bridgehead atoms. The van der Waals surface area contributed by atoms with Crippen molar-refractivity contribution in [3.63, 3.8) is 0 Å². The zero-order valence-electron chi connectivity index (χ0n) is 12.2. The average molecular weight is 294 g/mol. The van der Waals surface area contributed by atoms with Gasteiger partial charge in [0.25, 0.3) is 0 Å². The third kappa shape index (κ3) is 2.21. The molecule has 0 radical (unpaired) electrons. The number of aromatic amines is 1. The second kappa shape index (κ2) is 5.23. The summed E-state index contributed by atoms with van der Waals surface area (Å²) in [6.45, 7) is 0. The molecule has 2 aromatic heterocycles. The van der Waals surface area contributed by atoms with Crippen LogP contribution in [-0.4, -0.2) is 20.2 Å². The van der Waals surface area contributed by atoms with Crippen LogP contribution in [0.5, 0.6) is 0 Å². The number of hydrogen-bond acceptors (Lipinski definition) is 3. The molecule has 22 heavy (non-hydrogen) atoms. The summed E-state index contributed by atoms with van der Waals surface area (Å²) < 4.78 is 0. The molecule has 1 aliphatic carbocycles.